The molecule has 6 heteroatoms. The van der Waals surface area contributed by atoms with Crippen LogP contribution in [0.3, 0.4) is 0 Å². The van der Waals surface area contributed by atoms with Crippen LogP contribution in [-0.4, -0.2) is 46.1 Å². The number of likely N-dealkylation sites (N-methyl/N-ethyl adjacent to an activating group) is 1. The second kappa shape index (κ2) is 9.96. The minimum atomic E-state index is 0.196. The molecule has 0 unspecified atom stereocenters. The largest absolute Gasteiger partial charge is 0.493 e. The predicted molar refractivity (Wildman–Crippen MR) is 127 cm³/mol. The van der Waals surface area contributed by atoms with Crippen molar-refractivity contribution in [1.82, 2.24) is 4.90 Å². The number of benzene rings is 3. The average Bonchev–Trinajstić information content (AvgIpc) is 2.85. The summed E-state index contributed by atoms with van der Waals surface area (Å²) < 4.78 is 22.7. The van der Waals surface area contributed by atoms with E-state index in [1.54, 1.807) is 45.6 Å². The van der Waals surface area contributed by atoms with Crippen molar-refractivity contribution in [3.05, 3.63) is 76.9 Å². The van der Waals surface area contributed by atoms with E-state index in [0.717, 1.165) is 42.7 Å². The second-order valence-corrected chi connectivity index (χ2v) is 8.13. The fourth-order valence-electron chi connectivity index (χ4n) is 4.31. The van der Waals surface area contributed by atoms with Crippen molar-refractivity contribution in [2.75, 3.05) is 34.9 Å². The number of ether oxygens (including phenoxy) is 4. The highest BCUT2D eigenvalue weighted by Gasteiger charge is 2.27. The van der Waals surface area contributed by atoms with Crippen molar-refractivity contribution in [3.63, 3.8) is 0 Å². The summed E-state index contributed by atoms with van der Waals surface area (Å²) in [6.45, 7) is 0.968. The molecular weight excluding hydrogens is 418 g/mol. The van der Waals surface area contributed by atoms with Gasteiger partial charge in [-0.3, -0.25) is 9.69 Å². The zero-order valence-corrected chi connectivity index (χ0v) is 19.5. The van der Waals surface area contributed by atoms with Gasteiger partial charge in [-0.2, -0.15) is 0 Å². The lowest BCUT2D eigenvalue weighted by atomic mass is 9.88. The molecule has 1 aliphatic heterocycles. The lowest BCUT2D eigenvalue weighted by Gasteiger charge is -2.35. The molecule has 0 N–H and O–H groups in total. The van der Waals surface area contributed by atoms with E-state index in [4.69, 9.17) is 18.9 Å². The first-order valence-electron chi connectivity index (χ1n) is 10.9. The first kappa shape index (κ1) is 22.7. The number of carbonyl (C=O) groups is 1. The van der Waals surface area contributed by atoms with Crippen LogP contribution in [-0.2, 0) is 12.8 Å². The first-order chi connectivity index (χ1) is 16.1. The van der Waals surface area contributed by atoms with Crippen LogP contribution >= 0.6 is 0 Å². The van der Waals surface area contributed by atoms with Crippen LogP contribution in [0.1, 0.15) is 33.1 Å². The van der Waals surface area contributed by atoms with E-state index in [-0.39, 0.29) is 6.04 Å². The third-order valence-electron chi connectivity index (χ3n) is 6.17. The van der Waals surface area contributed by atoms with Crippen molar-refractivity contribution >= 4 is 6.29 Å². The summed E-state index contributed by atoms with van der Waals surface area (Å²) >= 11 is 0. The summed E-state index contributed by atoms with van der Waals surface area (Å²) in [7, 11) is 7.12. The van der Waals surface area contributed by atoms with Crippen molar-refractivity contribution in [2.45, 2.75) is 18.9 Å². The van der Waals surface area contributed by atoms with E-state index in [0.29, 0.717) is 22.8 Å². The minimum absolute atomic E-state index is 0.196. The highest BCUT2D eigenvalue weighted by atomic mass is 16.5. The van der Waals surface area contributed by atoms with Gasteiger partial charge >= 0.3 is 0 Å². The summed E-state index contributed by atoms with van der Waals surface area (Å²) in [5, 5.41) is 0. The van der Waals surface area contributed by atoms with Crippen LogP contribution < -0.4 is 18.9 Å². The lowest BCUT2D eigenvalue weighted by molar-refractivity contribution is 0.112. The van der Waals surface area contributed by atoms with Gasteiger partial charge in [0.15, 0.2) is 23.0 Å². The van der Waals surface area contributed by atoms with Crippen LogP contribution in [0.25, 0.3) is 0 Å². The summed E-state index contributed by atoms with van der Waals surface area (Å²) in [5.41, 5.74) is 4.28. The number of fused-ring (bicyclic) bond motifs is 1. The molecule has 172 valence electrons. The first-order valence-corrected chi connectivity index (χ1v) is 10.9. The van der Waals surface area contributed by atoms with E-state index >= 15 is 0 Å². The van der Waals surface area contributed by atoms with Gasteiger partial charge in [-0.1, -0.05) is 6.07 Å². The Kier molecular flexibility index (Phi) is 6.84. The van der Waals surface area contributed by atoms with Crippen molar-refractivity contribution in [2.24, 2.45) is 0 Å². The van der Waals surface area contributed by atoms with E-state index in [1.165, 1.54) is 11.1 Å². The van der Waals surface area contributed by atoms with Crippen LogP contribution in [0.2, 0.25) is 0 Å². The number of methoxy groups -OCH3 is 3. The number of rotatable bonds is 8. The highest BCUT2D eigenvalue weighted by Crippen LogP contribution is 2.40. The quantitative estimate of drug-likeness (QED) is 0.449. The molecule has 1 atom stereocenters. The van der Waals surface area contributed by atoms with Gasteiger partial charge in [0, 0.05) is 18.2 Å². The van der Waals surface area contributed by atoms with Gasteiger partial charge in [0.1, 0.15) is 12.0 Å². The molecule has 4 rings (SSSR count). The topological polar surface area (TPSA) is 57.2 Å². The average molecular weight is 448 g/mol. The number of nitrogens with zero attached hydrogens (tertiary/aromatic N) is 1. The molecular formula is C27H29NO5. The molecule has 0 aromatic heterocycles. The number of hydrogen-bond acceptors (Lipinski definition) is 6. The molecule has 0 radical (unpaired) electrons. The standard InChI is InChI=1S/C27H29NO5/c1-28-12-11-20-15-25(31-3)26(32-4)16-22(20)23(28)13-19-7-10-24(30-2)27(14-19)33-21-8-5-18(17-29)6-9-21/h5-10,14-17,23H,11-13H2,1-4H3/t23-/m0/s1. The maximum absolute atomic E-state index is 10.9. The molecule has 33 heavy (non-hydrogen) atoms. The molecule has 1 aliphatic rings. The van der Waals surface area contributed by atoms with E-state index in [2.05, 4.69) is 30.1 Å². The van der Waals surface area contributed by atoms with Gasteiger partial charge in [-0.15, -0.1) is 0 Å². The van der Waals surface area contributed by atoms with E-state index in [9.17, 15) is 4.79 Å². The van der Waals surface area contributed by atoms with Crippen LogP contribution in [0.5, 0.6) is 28.7 Å². The Morgan fingerprint density at radius 3 is 2.24 bits per heavy atom. The van der Waals surface area contributed by atoms with Crippen molar-refractivity contribution in [1.29, 1.82) is 0 Å². The second-order valence-electron chi connectivity index (χ2n) is 8.13. The Balaban J connectivity index is 1.63. The zero-order chi connectivity index (χ0) is 23.4. The van der Waals surface area contributed by atoms with Gasteiger partial charge in [0.25, 0.3) is 0 Å². The minimum Gasteiger partial charge on any atom is -0.493 e. The van der Waals surface area contributed by atoms with E-state index < -0.39 is 0 Å². The Morgan fingerprint density at radius 2 is 1.58 bits per heavy atom. The maximum atomic E-state index is 10.9. The third-order valence-corrected chi connectivity index (χ3v) is 6.17. The van der Waals surface area contributed by atoms with Crippen LogP contribution in [0, 0.1) is 0 Å². The lowest BCUT2D eigenvalue weighted by Crippen LogP contribution is -2.33. The van der Waals surface area contributed by atoms with Gasteiger partial charge in [0.05, 0.1) is 21.3 Å². The maximum Gasteiger partial charge on any atom is 0.169 e. The SMILES string of the molecule is COc1cc2c(cc1OC)[C@H](Cc1ccc(OC)c(Oc3ccc(C=O)cc3)c1)N(C)CC2. The van der Waals surface area contributed by atoms with Gasteiger partial charge < -0.3 is 18.9 Å². The Morgan fingerprint density at radius 1 is 0.879 bits per heavy atom. The van der Waals surface area contributed by atoms with Crippen LogP contribution in [0.4, 0.5) is 0 Å². The highest BCUT2D eigenvalue weighted by molar-refractivity contribution is 5.74. The summed E-state index contributed by atoms with van der Waals surface area (Å²) in [6.07, 6.45) is 2.59. The van der Waals surface area contributed by atoms with Gasteiger partial charge in [-0.25, -0.2) is 0 Å². The summed E-state index contributed by atoms with van der Waals surface area (Å²) in [5.74, 6) is 3.45. The van der Waals surface area contributed by atoms with E-state index in [1.807, 2.05) is 12.1 Å². The fourth-order valence-corrected chi connectivity index (χ4v) is 4.31. The molecule has 0 bridgehead atoms. The molecule has 0 saturated carbocycles. The molecule has 0 aliphatic carbocycles. The number of hydrogen-bond donors (Lipinski definition) is 0. The fraction of sp³-hybridized carbons (Fsp3) is 0.296. The molecule has 0 fully saturated rings. The monoisotopic (exact) mass is 447 g/mol. The molecule has 3 aromatic rings. The van der Waals surface area contributed by atoms with Crippen LogP contribution in [0.15, 0.2) is 54.6 Å². The van der Waals surface area contributed by atoms with Crippen molar-refractivity contribution < 1.29 is 23.7 Å². The molecule has 0 saturated heterocycles. The summed E-state index contributed by atoms with van der Waals surface area (Å²) in [4.78, 5) is 13.3. The summed E-state index contributed by atoms with van der Waals surface area (Å²) in [6, 6.07) is 17.4. The van der Waals surface area contributed by atoms with Gasteiger partial charge in [0.2, 0.25) is 0 Å². The Labute approximate surface area is 194 Å². The van der Waals surface area contributed by atoms with Crippen molar-refractivity contribution in [3.8, 4) is 28.7 Å². The Hall–Kier alpha value is -3.51. The number of carbonyl (C=O) groups excluding carboxylic acids is 1. The molecule has 0 amide bonds. The zero-order valence-electron chi connectivity index (χ0n) is 19.5. The predicted octanol–water partition coefficient (Wildman–Crippen LogP) is 5.09. The third kappa shape index (κ3) is 4.81. The molecule has 6 nitrogen and oxygen atoms in total. The van der Waals surface area contributed by atoms with Gasteiger partial charge in [-0.05, 0) is 85.1 Å². The molecule has 0 spiro atoms. The molecule has 1 heterocycles. The number of aldehydes is 1. The molecule has 3 aromatic carbocycles. The normalized spacial score (nSPS) is 15.5. The Bertz CT molecular complexity index is 1130. The smallest absolute Gasteiger partial charge is 0.169 e.